The molecule has 1 heterocycles. The molecule has 0 spiro atoms. The molecular formula is C21H23FN4O. The second kappa shape index (κ2) is 7.53. The van der Waals surface area contributed by atoms with Crippen molar-refractivity contribution in [1.82, 2.24) is 4.90 Å². The molecule has 1 aliphatic heterocycles. The minimum Gasteiger partial charge on any atom is -0.496 e. The second-order valence-electron chi connectivity index (χ2n) is 6.41. The molecule has 0 saturated heterocycles. The zero-order valence-electron chi connectivity index (χ0n) is 15.7. The summed E-state index contributed by atoms with van der Waals surface area (Å²) < 4.78 is 19.3. The Morgan fingerprint density at radius 2 is 2.04 bits per heavy atom. The Kier molecular flexibility index (Phi) is 5.16. The largest absolute Gasteiger partial charge is 0.496 e. The Morgan fingerprint density at radius 1 is 1.26 bits per heavy atom. The topological polar surface area (TPSA) is 76.9 Å². The molecule has 0 radical (unpaired) electrons. The third kappa shape index (κ3) is 3.51. The van der Waals surface area contributed by atoms with E-state index in [4.69, 9.17) is 16.2 Å². The monoisotopic (exact) mass is 366 g/mol. The highest BCUT2D eigenvalue weighted by Gasteiger charge is 2.21. The number of nitrogens with zero attached hydrogens (tertiary/aromatic N) is 2. The molecule has 0 atom stereocenters. The van der Waals surface area contributed by atoms with E-state index in [1.54, 1.807) is 19.3 Å². The van der Waals surface area contributed by atoms with Crippen molar-refractivity contribution in [3.8, 4) is 5.75 Å². The van der Waals surface area contributed by atoms with Gasteiger partial charge in [-0.2, -0.15) is 0 Å². The minimum absolute atomic E-state index is 0.0818. The Labute approximate surface area is 158 Å². The average Bonchev–Trinajstić information content (AvgIpc) is 2.67. The molecule has 0 fully saturated rings. The van der Waals surface area contributed by atoms with Gasteiger partial charge < -0.3 is 21.1 Å². The Balaban J connectivity index is 2.21. The third-order valence-electron chi connectivity index (χ3n) is 4.56. The van der Waals surface area contributed by atoms with Crippen LogP contribution < -0.4 is 16.2 Å². The molecule has 3 rings (SSSR count). The van der Waals surface area contributed by atoms with Crippen LogP contribution in [0.3, 0.4) is 0 Å². The number of rotatable bonds is 4. The zero-order chi connectivity index (χ0) is 19.6. The Morgan fingerprint density at radius 3 is 2.70 bits per heavy atom. The van der Waals surface area contributed by atoms with Crippen LogP contribution in [0.1, 0.15) is 22.3 Å². The molecule has 1 aliphatic rings. The highest BCUT2D eigenvalue weighted by Crippen LogP contribution is 2.38. The molecular weight excluding hydrogens is 343 g/mol. The first kappa shape index (κ1) is 18.5. The maximum absolute atomic E-state index is 13.9. The van der Waals surface area contributed by atoms with E-state index in [0.717, 1.165) is 39.9 Å². The molecule has 0 aromatic heterocycles. The number of anilines is 1. The maximum atomic E-state index is 13.9. The average molecular weight is 366 g/mol. The van der Waals surface area contributed by atoms with Gasteiger partial charge in [0.2, 0.25) is 0 Å². The molecule has 140 valence electrons. The van der Waals surface area contributed by atoms with Crippen molar-refractivity contribution in [1.29, 1.82) is 0 Å². The molecule has 27 heavy (non-hydrogen) atoms. The highest BCUT2D eigenvalue weighted by atomic mass is 19.1. The summed E-state index contributed by atoms with van der Waals surface area (Å²) in [4.78, 5) is 6.13. The van der Waals surface area contributed by atoms with Gasteiger partial charge in [-0.25, -0.2) is 4.39 Å². The van der Waals surface area contributed by atoms with Gasteiger partial charge in [0.15, 0.2) is 0 Å². The van der Waals surface area contributed by atoms with Crippen LogP contribution in [-0.2, 0) is 6.54 Å². The lowest BCUT2D eigenvalue weighted by atomic mass is 9.88. The lowest BCUT2D eigenvalue weighted by Crippen LogP contribution is -2.18. The number of ether oxygens (including phenoxy) is 1. The number of hydrogen-bond acceptors (Lipinski definition) is 5. The van der Waals surface area contributed by atoms with Gasteiger partial charge in [-0.05, 0) is 28.8 Å². The van der Waals surface area contributed by atoms with Crippen LogP contribution in [0.25, 0.3) is 11.1 Å². The van der Waals surface area contributed by atoms with Gasteiger partial charge >= 0.3 is 0 Å². The normalized spacial score (nSPS) is 14.3. The summed E-state index contributed by atoms with van der Waals surface area (Å²) in [5, 5.41) is 0. The molecule has 0 amide bonds. The third-order valence-corrected chi connectivity index (χ3v) is 4.56. The van der Waals surface area contributed by atoms with Crippen molar-refractivity contribution in [2.24, 2.45) is 10.7 Å². The molecule has 0 aliphatic carbocycles. The summed E-state index contributed by atoms with van der Waals surface area (Å²) in [6.45, 7) is 0.766. The molecule has 4 N–H and O–H groups in total. The van der Waals surface area contributed by atoms with Gasteiger partial charge in [0, 0.05) is 62.0 Å². The van der Waals surface area contributed by atoms with Crippen LogP contribution in [0.15, 0.2) is 47.7 Å². The van der Waals surface area contributed by atoms with E-state index in [-0.39, 0.29) is 5.69 Å². The van der Waals surface area contributed by atoms with Gasteiger partial charge in [0.1, 0.15) is 11.6 Å². The Bertz CT molecular complexity index is 963. The van der Waals surface area contributed by atoms with Gasteiger partial charge in [-0.3, -0.25) is 4.99 Å². The predicted octanol–water partition coefficient (Wildman–Crippen LogP) is 3.25. The lowest BCUT2D eigenvalue weighted by Gasteiger charge is -2.27. The van der Waals surface area contributed by atoms with Crippen molar-refractivity contribution in [2.45, 2.75) is 6.54 Å². The number of halogens is 1. The van der Waals surface area contributed by atoms with Crippen LogP contribution in [-0.4, -0.2) is 32.3 Å². The number of aliphatic imine (C=N–C) groups is 1. The Hall–Kier alpha value is -3.28. The summed E-state index contributed by atoms with van der Waals surface area (Å²) >= 11 is 0. The lowest BCUT2D eigenvalue weighted by molar-refractivity contribution is 0.409. The summed E-state index contributed by atoms with van der Waals surface area (Å²) in [5.41, 5.74) is 17.3. The predicted molar refractivity (Wildman–Crippen MR) is 109 cm³/mol. The first-order valence-electron chi connectivity index (χ1n) is 8.51. The van der Waals surface area contributed by atoms with Crippen LogP contribution in [0.5, 0.6) is 5.75 Å². The van der Waals surface area contributed by atoms with Crippen molar-refractivity contribution in [3.05, 3.63) is 70.8 Å². The smallest absolute Gasteiger partial charge is 0.149 e. The van der Waals surface area contributed by atoms with E-state index in [0.29, 0.717) is 5.75 Å². The number of allylic oxidation sites excluding steroid dienone is 1. The quantitative estimate of drug-likeness (QED) is 0.643. The zero-order valence-corrected chi connectivity index (χ0v) is 15.7. The number of nitrogens with two attached hydrogens (primary N) is 2. The number of benzene rings is 2. The van der Waals surface area contributed by atoms with Crippen molar-refractivity contribution >= 4 is 23.0 Å². The fraction of sp³-hybridized carbons (Fsp3) is 0.190. The van der Waals surface area contributed by atoms with E-state index in [1.165, 1.54) is 19.4 Å². The summed E-state index contributed by atoms with van der Waals surface area (Å²) in [6, 6.07) is 9.09. The summed E-state index contributed by atoms with van der Waals surface area (Å²) in [5.74, 6) is -0.0637. The van der Waals surface area contributed by atoms with E-state index in [2.05, 4.69) is 22.0 Å². The summed E-state index contributed by atoms with van der Waals surface area (Å²) in [6.07, 6.45) is 5.26. The molecule has 5 nitrogen and oxygen atoms in total. The van der Waals surface area contributed by atoms with Crippen LogP contribution in [0, 0.1) is 5.82 Å². The highest BCUT2D eigenvalue weighted by molar-refractivity contribution is 6.10. The number of nitrogen functional groups attached to an aromatic ring is 1. The fourth-order valence-electron chi connectivity index (χ4n) is 3.27. The maximum Gasteiger partial charge on any atom is 0.149 e. The minimum atomic E-state index is -0.498. The van der Waals surface area contributed by atoms with E-state index >= 15 is 0 Å². The SMILES string of the molecule is CN=CC(=CN)c1ccc2c(c1)C(c1cc(N)c(F)cc1OC)=CN(C)C2. The standard InChI is InChI=1S/C21H23FN4O/c1-25-10-15(9-23)13-4-5-14-11-26(2)12-18(16(14)6-13)17-7-20(24)19(22)8-21(17)27-3/h4-10,12H,11,23-24H2,1-3H3. The molecule has 2 aromatic carbocycles. The second-order valence-corrected chi connectivity index (χ2v) is 6.41. The molecule has 6 heteroatoms. The molecule has 0 unspecified atom stereocenters. The van der Waals surface area contributed by atoms with Crippen molar-refractivity contribution in [2.75, 3.05) is 26.9 Å². The number of fused-ring (bicyclic) bond motifs is 1. The van der Waals surface area contributed by atoms with Crippen LogP contribution >= 0.6 is 0 Å². The first-order valence-corrected chi connectivity index (χ1v) is 8.51. The molecule has 0 bridgehead atoms. The summed E-state index contributed by atoms with van der Waals surface area (Å²) in [7, 11) is 5.21. The first-order chi connectivity index (χ1) is 13.0. The van der Waals surface area contributed by atoms with E-state index in [1.807, 2.05) is 19.3 Å². The molecule has 0 saturated carbocycles. The van der Waals surface area contributed by atoms with Gasteiger partial charge in [-0.15, -0.1) is 0 Å². The molecule has 2 aromatic rings. The number of hydrogen-bond donors (Lipinski definition) is 2. The number of methoxy groups -OCH3 is 1. The van der Waals surface area contributed by atoms with Crippen molar-refractivity contribution in [3.63, 3.8) is 0 Å². The fourth-order valence-corrected chi connectivity index (χ4v) is 3.27. The van der Waals surface area contributed by atoms with Gasteiger partial charge in [0.05, 0.1) is 12.8 Å². The van der Waals surface area contributed by atoms with Crippen LogP contribution in [0.4, 0.5) is 10.1 Å². The van der Waals surface area contributed by atoms with Gasteiger partial charge in [0.25, 0.3) is 0 Å². The van der Waals surface area contributed by atoms with E-state index < -0.39 is 5.82 Å². The van der Waals surface area contributed by atoms with E-state index in [9.17, 15) is 4.39 Å². The van der Waals surface area contributed by atoms with Crippen LogP contribution in [0.2, 0.25) is 0 Å². The van der Waals surface area contributed by atoms with Crippen molar-refractivity contribution < 1.29 is 9.13 Å². The van der Waals surface area contributed by atoms with Gasteiger partial charge in [-0.1, -0.05) is 12.1 Å².